The standard InChI is InChI=1S/C19H25NO3S2/c1-6-23-17(21)14-7-8-15(13(2)9-14)24-11-19(22,18(3,4)5)16-10-20-12-25-16/h7-10,12,22H,6,11H2,1-5H3. The number of carbonyl (C=O) groups excluding carboxylic acids is 1. The summed E-state index contributed by atoms with van der Waals surface area (Å²) in [5.41, 5.74) is 1.99. The number of esters is 1. The minimum Gasteiger partial charge on any atom is -0.462 e. The summed E-state index contributed by atoms with van der Waals surface area (Å²) in [6.45, 7) is 10.2. The number of thiazole rings is 1. The number of hydrogen-bond donors (Lipinski definition) is 1. The van der Waals surface area contributed by atoms with Crippen LogP contribution >= 0.6 is 23.1 Å². The number of rotatable bonds is 6. The van der Waals surface area contributed by atoms with Gasteiger partial charge in [-0.25, -0.2) is 4.79 Å². The Bertz CT molecular complexity index is 723. The lowest BCUT2D eigenvalue weighted by atomic mass is 9.77. The average molecular weight is 380 g/mol. The summed E-state index contributed by atoms with van der Waals surface area (Å²) in [6, 6.07) is 5.53. The first-order chi connectivity index (χ1) is 11.7. The van der Waals surface area contributed by atoms with Crippen LogP contribution in [0.2, 0.25) is 0 Å². The molecule has 0 bridgehead atoms. The van der Waals surface area contributed by atoms with Crippen LogP contribution in [-0.4, -0.2) is 28.4 Å². The maximum Gasteiger partial charge on any atom is 0.338 e. The van der Waals surface area contributed by atoms with E-state index >= 15 is 0 Å². The second kappa shape index (κ2) is 7.89. The van der Waals surface area contributed by atoms with Crippen LogP contribution in [0.3, 0.4) is 0 Å². The van der Waals surface area contributed by atoms with Gasteiger partial charge in [0.25, 0.3) is 0 Å². The van der Waals surface area contributed by atoms with E-state index < -0.39 is 5.60 Å². The lowest BCUT2D eigenvalue weighted by Crippen LogP contribution is -2.41. The van der Waals surface area contributed by atoms with Crippen LogP contribution < -0.4 is 0 Å². The van der Waals surface area contributed by atoms with E-state index in [9.17, 15) is 9.90 Å². The van der Waals surface area contributed by atoms with Crippen molar-refractivity contribution in [3.8, 4) is 0 Å². The predicted molar refractivity (Wildman–Crippen MR) is 103 cm³/mol. The second-order valence-corrected chi connectivity index (χ2v) is 8.87. The topological polar surface area (TPSA) is 59.4 Å². The van der Waals surface area contributed by atoms with Crippen molar-refractivity contribution in [1.29, 1.82) is 0 Å². The maximum absolute atomic E-state index is 11.8. The summed E-state index contributed by atoms with van der Waals surface area (Å²) < 4.78 is 5.04. The number of ether oxygens (including phenoxy) is 1. The van der Waals surface area contributed by atoms with E-state index in [1.165, 1.54) is 11.3 Å². The highest BCUT2D eigenvalue weighted by atomic mass is 32.2. The molecule has 1 aromatic carbocycles. The van der Waals surface area contributed by atoms with Crippen LogP contribution in [-0.2, 0) is 10.3 Å². The smallest absolute Gasteiger partial charge is 0.338 e. The molecule has 0 aliphatic carbocycles. The summed E-state index contributed by atoms with van der Waals surface area (Å²) in [5.74, 6) is 0.205. The molecule has 25 heavy (non-hydrogen) atoms. The Hall–Kier alpha value is -1.37. The Morgan fingerprint density at radius 3 is 2.60 bits per heavy atom. The van der Waals surface area contributed by atoms with E-state index in [1.54, 1.807) is 36.5 Å². The van der Waals surface area contributed by atoms with Crippen molar-refractivity contribution in [3.63, 3.8) is 0 Å². The highest BCUT2D eigenvalue weighted by Crippen LogP contribution is 2.44. The van der Waals surface area contributed by atoms with Gasteiger partial charge in [-0.3, -0.25) is 4.98 Å². The summed E-state index contributed by atoms with van der Waals surface area (Å²) in [5, 5.41) is 11.3. The Kier molecular flexibility index (Phi) is 6.30. The Morgan fingerprint density at radius 2 is 2.08 bits per heavy atom. The third kappa shape index (κ3) is 4.43. The molecule has 2 aromatic rings. The van der Waals surface area contributed by atoms with Crippen molar-refractivity contribution < 1.29 is 14.6 Å². The number of hydrogen-bond acceptors (Lipinski definition) is 6. The van der Waals surface area contributed by atoms with Gasteiger partial charge in [-0.05, 0) is 43.0 Å². The molecule has 6 heteroatoms. The van der Waals surface area contributed by atoms with Crippen LogP contribution in [0.4, 0.5) is 0 Å². The molecule has 1 atom stereocenters. The molecule has 4 nitrogen and oxygen atoms in total. The van der Waals surface area contributed by atoms with Gasteiger partial charge in [0.1, 0.15) is 5.60 Å². The van der Waals surface area contributed by atoms with Gasteiger partial charge in [-0.15, -0.1) is 23.1 Å². The SMILES string of the molecule is CCOC(=O)c1ccc(SCC(O)(c2cncs2)C(C)(C)C)c(C)c1. The fourth-order valence-electron chi connectivity index (χ4n) is 2.41. The van der Waals surface area contributed by atoms with Crippen LogP contribution in [0.15, 0.2) is 34.8 Å². The molecule has 0 saturated heterocycles. The highest BCUT2D eigenvalue weighted by molar-refractivity contribution is 7.99. The number of aliphatic hydroxyl groups is 1. The molecular weight excluding hydrogens is 354 g/mol. The lowest BCUT2D eigenvalue weighted by molar-refractivity contribution is -0.0392. The monoisotopic (exact) mass is 379 g/mol. The predicted octanol–water partition coefficient (Wildman–Crippen LogP) is 4.65. The van der Waals surface area contributed by atoms with E-state index in [4.69, 9.17) is 4.74 Å². The molecule has 0 radical (unpaired) electrons. The van der Waals surface area contributed by atoms with Gasteiger partial charge >= 0.3 is 5.97 Å². The molecule has 1 heterocycles. The maximum atomic E-state index is 11.8. The van der Waals surface area contributed by atoms with E-state index in [1.807, 2.05) is 39.8 Å². The molecular formula is C19H25NO3S2. The van der Waals surface area contributed by atoms with Crippen LogP contribution in [0.5, 0.6) is 0 Å². The molecule has 1 N–H and O–H groups in total. The molecule has 0 spiro atoms. The number of aryl methyl sites for hydroxylation is 1. The zero-order chi connectivity index (χ0) is 18.7. The molecule has 0 saturated carbocycles. The van der Waals surface area contributed by atoms with Crippen molar-refractivity contribution in [1.82, 2.24) is 4.98 Å². The van der Waals surface area contributed by atoms with Crippen molar-refractivity contribution in [2.75, 3.05) is 12.4 Å². The van der Waals surface area contributed by atoms with Crippen molar-refractivity contribution >= 4 is 29.1 Å². The van der Waals surface area contributed by atoms with E-state index in [2.05, 4.69) is 4.98 Å². The molecule has 0 aliphatic rings. The number of nitrogens with zero attached hydrogens (tertiary/aromatic N) is 1. The molecule has 0 aliphatic heterocycles. The Balaban J connectivity index is 2.20. The van der Waals surface area contributed by atoms with Crippen molar-refractivity contribution in [2.45, 2.75) is 45.1 Å². The third-order valence-electron chi connectivity index (χ3n) is 4.20. The number of carbonyl (C=O) groups is 1. The number of thioether (sulfide) groups is 1. The summed E-state index contributed by atoms with van der Waals surface area (Å²) in [7, 11) is 0. The van der Waals surface area contributed by atoms with Gasteiger partial charge in [0.05, 0.1) is 22.6 Å². The quantitative estimate of drug-likeness (QED) is 0.584. The summed E-state index contributed by atoms with van der Waals surface area (Å²) >= 11 is 3.06. The molecule has 0 fully saturated rings. The van der Waals surface area contributed by atoms with Crippen LogP contribution in [0, 0.1) is 12.3 Å². The summed E-state index contributed by atoms with van der Waals surface area (Å²) in [4.78, 5) is 17.9. The third-order valence-corrected chi connectivity index (χ3v) is 6.46. The Morgan fingerprint density at radius 1 is 1.36 bits per heavy atom. The molecule has 0 amide bonds. The van der Waals surface area contributed by atoms with Gasteiger partial charge in [-0.1, -0.05) is 20.8 Å². The van der Waals surface area contributed by atoms with Gasteiger partial charge in [0, 0.05) is 16.8 Å². The summed E-state index contributed by atoms with van der Waals surface area (Å²) in [6.07, 6.45) is 1.74. The number of aromatic nitrogens is 1. The first-order valence-electron chi connectivity index (χ1n) is 8.21. The zero-order valence-electron chi connectivity index (χ0n) is 15.3. The van der Waals surface area contributed by atoms with Gasteiger partial charge in [-0.2, -0.15) is 0 Å². The minimum atomic E-state index is -0.981. The van der Waals surface area contributed by atoms with Gasteiger partial charge in [0.2, 0.25) is 0 Å². The fourth-order valence-corrected chi connectivity index (χ4v) is 4.84. The van der Waals surface area contributed by atoms with E-state index in [0.29, 0.717) is 17.9 Å². The molecule has 136 valence electrons. The van der Waals surface area contributed by atoms with E-state index in [0.717, 1.165) is 15.3 Å². The van der Waals surface area contributed by atoms with Crippen molar-refractivity contribution in [3.05, 3.63) is 45.9 Å². The first kappa shape index (κ1) is 19.9. The average Bonchev–Trinajstić information content (AvgIpc) is 3.07. The second-order valence-electron chi connectivity index (χ2n) is 6.97. The number of benzene rings is 1. The van der Waals surface area contributed by atoms with Crippen LogP contribution in [0.1, 0.15) is 48.5 Å². The Labute approximate surface area is 157 Å². The first-order valence-corrected chi connectivity index (χ1v) is 10.1. The fraction of sp³-hybridized carbons (Fsp3) is 0.474. The molecule has 1 unspecified atom stereocenters. The molecule has 1 aromatic heterocycles. The van der Waals surface area contributed by atoms with E-state index in [-0.39, 0.29) is 11.4 Å². The molecule has 2 rings (SSSR count). The van der Waals surface area contributed by atoms with Gasteiger partial charge in [0.15, 0.2) is 0 Å². The van der Waals surface area contributed by atoms with Crippen molar-refractivity contribution in [2.24, 2.45) is 5.41 Å². The van der Waals surface area contributed by atoms with Crippen LogP contribution in [0.25, 0.3) is 0 Å². The normalized spacial score (nSPS) is 14.2. The highest BCUT2D eigenvalue weighted by Gasteiger charge is 2.43. The van der Waals surface area contributed by atoms with Gasteiger partial charge < -0.3 is 9.84 Å². The lowest BCUT2D eigenvalue weighted by Gasteiger charge is -2.39. The largest absolute Gasteiger partial charge is 0.462 e. The zero-order valence-corrected chi connectivity index (χ0v) is 17.0. The minimum absolute atomic E-state index is 0.307.